The maximum absolute atomic E-state index is 13.2. The zero-order valence-corrected chi connectivity index (χ0v) is 23.5. The van der Waals surface area contributed by atoms with Crippen LogP contribution in [-0.2, 0) is 11.2 Å². The Hall–Kier alpha value is -4.54. The smallest absolute Gasteiger partial charge is 0.283 e. The van der Waals surface area contributed by atoms with Crippen molar-refractivity contribution < 1.29 is 33.9 Å². The van der Waals surface area contributed by atoms with Gasteiger partial charge in [0.2, 0.25) is 5.75 Å². The number of hydrogen-bond acceptors (Lipinski definition) is 8. The van der Waals surface area contributed by atoms with Crippen molar-refractivity contribution >= 4 is 34.1 Å². The molecule has 5 rings (SSSR count). The van der Waals surface area contributed by atoms with Crippen molar-refractivity contribution in [1.29, 1.82) is 0 Å². The van der Waals surface area contributed by atoms with E-state index in [0.29, 0.717) is 40.9 Å². The Kier molecular flexibility index (Phi) is 7.90. The van der Waals surface area contributed by atoms with Crippen molar-refractivity contribution in [3.05, 3.63) is 71.8 Å². The molecule has 0 radical (unpaired) electrons. The van der Waals surface area contributed by atoms with E-state index in [2.05, 4.69) is 15.4 Å². The summed E-state index contributed by atoms with van der Waals surface area (Å²) in [6.07, 6.45) is 0.363. The number of furan rings is 1. The lowest BCUT2D eigenvalue weighted by molar-refractivity contribution is -0.402. The molecule has 4 N–H and O–H groups in total. The second-order valence-corrected chi connectivity index (χ2v) is 9.68. The Bertz CT molecular complexity index is 1600. The van der Waals surface area contributed by atoms with Gasteiger partial charge in [0.05, 0.1) is 46.2 Å². The summed E-state index contributed by atoms with van der Waals surface area (Å²) < 4.78 is 32.6. The molecule has 0 fully saturated rings. The van der Waals surface area contributed by atoms with Gasteiger partial charge in [-0.3, -0.25) is 4.79 Å². The molecule has 10 heteroatoms. The quantitative estimate of drug-likeness (QED) is 0.245. The highest BCUT2D eigenvalue weighted by Crippen LogP contribution is 2.44. The van der Waals surface area contributed by atoms with Gasteiger partial charge in [0, 0.05) is 21.9 Å². The first kappa shape index (κ1) is 27.0. The lowest BCUT2D eigenvalue weighted by Crippen LogP contribution is -2.67. The maximum Gasteiger partial charge on any atom is 0.283 e. The molecule has 0 saturated heterocycles. The van der Waals surface area contributed by atoms with Crippen molar-refractivity contribution in [2.24, 2.45) is 0 Å². The molecule has 1 amide bonds. The molecular weight excluding hydrogens is 530 g/mol. The monoisotopic (exact) mass is 560 g/mol. The molecule has 0 bridgehead atoms. The number of rotatable bonds is 10. The van der Waals surface area contributed by atoms with E-state index in [4.69, 9.17) is 23.4 Å². The lowest BCUT2D eigenvalue weighted by atomic mass is 10.0. The van der Waals surface area contributed by atoms with E-state index in [9.17, 15) is 4.79 Å². The lowest BCUT2D eigenvalue weighted by Gasteiger charge is -2.15. The largest absolute Gasteiger partial charge is 0.495 e. The van der Waals surface area contributed by atoms with Crippen LogP contribution in [0.3, 0.4) is 0 Å². The Balaban J connectivity index is 1.42. The number of aromatic nitrogens is 1. The molecule has 3 aromatic carbocycles. The van der Waals surface area contributed by atoms with E-state index in [-0.39, 0.29) is 5.91 Å². The van der Waals surface area contributed by atoms with E-state index in [0.717, 1.165) is 33.4 Å². The zero-order valence-electron chi connectivity index (χ0n) is 22.6. The molecular formula is C30H30N3O6S+. The molecule has 2 heterocycles. The van der Waals surface area contributed by atoms with Crippen molar-refractivity contribution in [1.82, 2.24) is 4.37 Å². The first-order valence-electron chi connectivity index (χ1n) is 12.5. The molecule has 2 aromatic heterocycles. The van der Waals surface area contributed by atoms with Gasteiger partial charge >= 0.3 is 0 Å². The molecule has 0 unspecified atom stereocenters. The number of carbonyl (C=O) groups is 1. The van der Waals surface area contributed by atoms with Crippen LogP contribution in [0.15, 0.2) is 70.5 Å². The fourth-order valence-corrected chi connectivity index (χ4v) is 5.26. The first-order valence-corrected chi connectivity index (χ1v) is 13.3. The number of methoxy groups -OCH3 is 4. The number of amides is 1. The number of hydrogen-bond donors (Lipinski definition) is 2. The summed E-state index contributed by atoms with van der Waals surface area (Å²) >= 11 is 1.33. The molecule has 9 nitrogen and oxygen atoms in total. The van der Waals surface area contributed by atoms with Crippen LogP contribution in [-0.4, -0.2) is 44.8 Å². The topological polar surface area (TPSA) is 120 Å². The minimum absolute atomic E-state index is 0.246. The standard InChI is InChI=1S/C30H29N3O6S/c1-35-25-10-9-17(21-16-40-33-28(21)19-13-26(36-2)29(38-4)27(14-19)37-3)12-23(25)32-30(34)22(31)15-20-11-18-7-5-6-8-24(18)39-20/h5-14,16,22H,15,31H2,1-4H3,(H,32,34)/p+1/t22-/m1/s1. The zero-order chi connectivity index (χ0) is 28.2. The molecule has 0 spiro atoms. The summed E-state index contributed by atoms with van der Waals surface area (Å²) in [5.41, 5.74) is 8.67. The third-order valence-corrected chi connectivity index (χ3v) is 7.20. The van der Waals surface area contributed by atoms with Crippen LogP contribution < -0.4 is 30.0 Å². The number of anilines is 1. The number of ether oxygens (including phenoxy) is 4. The van der Waals surface area contributed by atoms with Crippen LogP contribution in [0, 0.1) is 0 Å². The Labute approximate surface area is 235 Å². The summed E-state index contributed by atoms with van der Waals surface area (Å²) in [6, 6.07) is 18.4. The molecule has 0 aliphatic carbocycles. The van der Waals surface area contributed by atoms with E-state index >= 15 is 0 Å². The average molecular weight is 561 g/mol. The number of para-hydroxylation sites is 1. The van der Waals surface area contributed by atoms with Gasteiger partial charge in [0.1, 0.15) is 17.1 Å². The van der Waals surface area contributed by atoms with Crippen LogP contribution in [0.5, 0.6) is 23.0 Å². The molecule has 5 aromatic rings. The number of nitrogens with one attached hydrogen (secondary N) is 1. The average Bonchev–Trinajstić information content (AvgIpc) is 3.63. The molecule has 0 saturated carbocycles. The second kappa shape index (κ2) is 11.7. The number of benzene rings is 3. The van der Waals surface area contributed by atoms with Crippen LogP contribution >= 0.6 is 11.5 Å². The van der Waals surface area contributed by atoms with Gasteiger partial charge in [-0.25, -0.2) is 0 Å². The Morgan fingerprint density at radius 1 is 0.925 bits per heavy atom. The minimum Gasteiger partial charge on any atom is -0.495 e. The highest BCUT2D eigenvalue weighted by Gasteiger charge is 2.23. The normalized spacial score (nSPS) is 11.7. The first-order chi connectivity index (χ1) is 19.4. The van der Waals surface area contributed by atoms with Gasteiger partial charge < -0.3 is 34.4 Å². The summed E-state index contributed by atoms with van der Waals surface area (Å²) in [5, 5.41) is 5.94. The van der Waals surface area contributed by atoms with Crippen LogP contribution in [0.25, 0.3) is 33.4 Å². The van der Waals surface area contributed by atoms with E-state index in [1.165, 1.54) is 11.5 Å². The Morgan fingerprint density at radius 3 is 2.33 bits per heavy atom. The number of quaternary nitrogens is 1. The molecule has 206 valence electrons. The van der Waals surface area contributed by atoms with Gasteiger partial charge in [0.25, 0.3) is 5.91 Å². The third-order valence-electron chi connectivity index (χ3n) is 6.57. The highest BCUT2D eigenvalue weighted by molar-refractivity contribution is 7.04. The Morgan fingerprint density at radius 2 is 1.65 bits per heavy atom. The minimum atomic E-state index is -0.577. The molecule has 40 heavy (non-hydrogen) atoms. The van der Waals surface area contributed by atoms with Crippen molar-refractivity contribution in [3.63, 3.8) is 0 Å². The highest BCUT2D eigenvalue weighted by atomic mass is 32.1. The van der Waals surface area contributed by atoms with Gasteiger partial charge in [0.15, 0.2) is 17.5 Å². The molecule has 1 atom stereocenters. The van der Waals surface area contributed by atoms with Crippen LogP contribution in [0.4, 0.5) is 5.69 Å². The predicted octanol–water partition coefficient (Wildman–Crippen LogP) is 5.05. The van der Waals surface area contributed by atoms with Crippen molar-refractivity contribution in [2.75, 3.05) is 33.8 Å². The predicted molar refractivity (Wildman–Crippen MR) is 154 cm³/mol. The number of nitrogens with zero attached hydrogens (tertiary/aromatic N) is 1. The van der Waals surface area contributed by atoms with Crippen molar-refractivity contribution in [3.8, 4) is 45.4 Å². The second-order valence-electron chi connectivity index (χ2n) is 9.05. The summed E-state index contributed by atoms with van der Waals surface area (Å²) in [7, 11) is 6.28. The van der Waals surface area contributed by atoms with Gasteiger partial charge in [-0.15, -0.1) is 0 Å². The molecule has 0 aliphatic rings. The molecule has 0 aliphatic heterocycles. The van der Waals surface area contributed by atoms with Gasteiger partial charge in [-0.1, -0.05) is 24.3 Å². The number of carbonyl (C=O) groups excluding carboxylic acids is 1. The fraction of sp³-hybridized carbons (Fsp3) is 0.200. The van der Waals surface area contributed by atoms with E-state index < -0.39 is 6.04 Å². The third kappa shape index (κ3) is 5.31. The van der Waals surface area contributed by atoms with Gasteiger partial charge in [-0.2, -0.15) is 4.37 Å². The van der Waals surface area contributed by atoms with Crippen LogP contribution in [0.1, 0.15) is 5.76 Å². The van der Waals surface area contributed by atoms with E-state index in [1.54, 1.807) is 28.4 Å². The maximum atomic E-state index is 13.2. The number of fused-ring (bicyclic) bond motifs is 1. The van der Waals surface area contributed by atoms with Crippen molar-refractivity contribution in [2.45, 2.75) is 12.5 Å². The summed E-state index contributed by atoms with van der Waals surface area (Å²) in [6.45, 7) is 0. The fourth-order valence-electron chi connectivity index (χ4n) is 4.55. The van der Waals surface area contributed by atoms with Gasteiger partial charge in [-0.05, 0) is 53.5 Å². The van der Waals surface area contributed by atoms with Crippen LogP contribution in [0.2, 0.25) is 0 Å². The SMILES string of the molecule is COc1ccc(-c2csnc2-c2cc(OC)c(OC)c(OC)c2)cc1NC(=O)[C@H]([NH3+])Cc1cc2ccccc2o1. The van der Waals surface area contributed by atoms with E-state index in [1.807, 2.05) is 66.0 Å². The summed E-state index contributed by atoms with van der Waals surface area (Å²) in [4.78, 5) is 13.2. The summed E-state index contributed by atoms with van der Waals surface area (Å²) in [5.74, 6) is 2.56.